The Morgan fingerprint density at radius 2 is 1.78 bits per heavy atom. The monoisotopic (exact) mass is 426 g/mol. The van der Waals surface area contributed by atoms with Crippen LogP contribution in [0.15, 0.2) is 35.6 Å². The number of non-ortho nitro benzene ring substituents is 1. The lowest BCUT2D eigenvalue weighted by molar-refractivity contribution is -0.754. The van der Waals surface area contributed by atoms with Crippen LogP contribution in [0.3, 0.4) is 0 Å². The van der Waals surface area contributed by atoms with Gasteiger partial charge in [0, 0.05) is 22.8 Å². The number of aryl methyl sites for hydroxylation is 1. The predicted octanol–water partition coefficient (Wildman–Crippen LogP) is 2.13. The molecule has 0 radical (unpaired) electrons. The molecule has 0 aliphatic heterocycles. The highest BCUT2D eigenvalue weighted by atomic mass is 32.2. The molecule has 1 aromatic heterocycles. The van der Waals surface area contributed by atoms with E-state index in [0.29, 0.717) is 5.16 Å². The summed E-state index contributed by atoms with van der Waals surface area (Å²) in [5, 5.41) is 15.6. The number of halogens is 3. The average Bonchev–Trinajstić information content (AvgIpc) is 2.60. The lowest BCUT2D eigenvalue weighted by atomic mass is 10.1. The second kappa shape index (κ2) is 9.05. The largest absolute Gasteiger partial charge is 0.741 e. The second-order valence-electron chi connectivity index (χ2n) is 4.67. The fourth-order valence-electron chi connectivity index (χ4n) is 1.58. The van der Waals surface area contributed by atoms with Crippen molar-refractivity contribution in [3.63, 3.8) is 0 Å². The van der Waals surface area contributed by atoms with Crippen molar-refractivity contribution in [2.75, 3.05) is 6.26 Å². The molecule has 0 atom stereocenters. The van der Waals surface area contributed by atoms with Gasteiger partial charge in [0.2, 0.25) is 6.20 Å². The molecule has 9 nitrogen and oxygen atoms in total. The summed E-state index contributed by atoms with van der Waals surface area (Å²) in [6.07, 6.45) is 3.75. The molecule has 14 heteroatoms. The summed E-state index contributed by atoms with van der Waals surface area (Å²) in [5.41, 5.74) is -3.97. The Morgan fingerprint density at radius 1 is 1.26 bits per heavy atom. The molecule has 0 N–H and O–H groups in total. The first-order valence-corrected chi connectivity index (χ1v) is 9.62. The van der Waals surface area contributed by atoms with Crippen LogP contribution in [0.5, 0.6) is 0 Å². The first-order chi connectivity index (χ1) is 12.4. The van der Waals surface area contributed by atoms with Crippen molar-refractivity contribution in [3.05, 3.63) is 40.6 Å². The Morgan fingerprint density at radius 3 is 2.15 bits per heavy atom. The van der Waals surface area contributed by atoms with Crippen LogP contribution in [0, 0.1) is 10.1 Å². The molecule has 0 aliphatic rings. The molecule has 0 unspecified atom stereocenters. The smallest absolute Gasteiger partial charge is 0.485 e. The molecule has 0 aliphatic carbocycles. The van der Waals surface area contributed by atoms with Crippen molar-refractivity contribution < 1.29 is 35.7 Å². The lowest BCUT2D eigenvalue weighted by Gasteiger charge is -2.08. The summed E-state index contributed by atoms with van der Waals surface area (Å²) < 4.78 is 60.7. The number of aromatic nitrogens is 3. The molecule has 0 fully saturated rings. The van der Waals surface area contributed by atoms with Crippen LogP contribution >= 0.6 is 11.8 Å². The van der Waals surface area contributed by atoms with Crippen LogP contribution in [0.2, 0.25) is 0 Å². The Hall–Kier alpha value is -2.32. The summed E-state index contributed by atoms with van der Waals surface area (Å²) >= 11 is 1.46. The van der Waals surface area contributed by atoms with Gasteiger partial charge in [0.25, 0.3) is 10.8 Å². The van der Waals surface area contributed by atoms with Crippen molar-refractivity contribution in [1.82, 2.24) is 10.1 Å². The van der Waals surface area contributed by atoms with Gasteiger partial charge in [-0.25, -0.2) is 13.4 Å². The summed E-state index contributed by atoms with van der Waals surface area (Å²) in [6, 6.07) is 6.36. The SMILES string of the molecule is CC[n+]1cc(-c2ccc([N+](=O)[O-])cc2)nc(SC)n1.O=S(=O)([O-])C(F)(F)F. The van der Waals surface area contributed by atoms with Gasteiger partial charge in [0.05, 0.1) is 4.92 Å². The maximum absolute atomic E-state index is 10.7. The fourth-order valence-corrected chi connectivity index (χ4v) is 1.95. The molecule has 0 saturated carbocycles. The van der Waals surface area contributed by atoms with Crippen LogP contribution in [0.4, 0.5) is 18.9 Å². The van der Waals surface area contributed by atoms with Crippen LogP contribution in [0.25, 0.3) is 11.3 Å². The van der Waals surface area contributed by atoms with E-state index in [2.05, 4.69) is 10.1 Å². The van der Waals surface area contributed by atoms with E-state index < -0.39 is 20.5 Å². The number of hydrogen-bond donors (Lipinski definition) is 0. The van der Waals surface area contributed by atoms with Gasteiger partial charge in [-0.2, -0.15) is 13.2 Å². The Bertz CT molecular complexity index is 883. The number of alkyl halides is 3. The Kier molecular flexibility index (Phi) is 7.62. The molecule has 2 rings (SSSR count). The summed E-state index contributed by atoms with van der Waals surface area (Å²) in [4.78, 5) is 14.6. The van der Waals surface area contributed by atoms with E-state index in [0.717, 1.165) is 17.8 Å². The quantitative estimate of drug-likeness (QED) is 0.181. The van der Waals surface area contributed by atoms with Crippen LogP contribution in [-0.2, 0) is 16.7 Å². The van der Waals surface area contributed by atoms with Crippen LogP contribution in [0.1, 0.15) is 6.92 Å². The minimum atomic E-state index is -6.09. The molecule has 1 aromatic carbocycles. The normalized spacial score (nSPS) is 11.5. The maximum atomic E-state index is 10.7. The van der Waals surface area contributed by atoms with Crippen molar-refractivity contribution in [2.24, 2.45) is 0 Å². The number of benzene rings is 1. The molecular weight excluding hydrogens is 413 g/mol. The zero-order valence-electron chi connectivity index (χ0n) is 13.9. The standard InChI is InChI=1S/C12H13N4O2S.CHF3O3S/c1-3-15-8-11(13-12(14-15)19-2)9-4-6-10(7-5-9)16(17)18;2-1(3,4)8(5,6)7/h4-8H,3H2,1-2H3;(H,5,6,7)/q+1;/p-1. The second-order valence-corrected chi connectivity index (χ2v) is 6.82. The predicted molar refractivity (Wildman–Crippen MR) is 87.5 cm³/mol. The maximum Gasteiger partial charge on any atom is 0.485 e. The van der Waals surface area contributed by atoms with Gasteiger partial charge in [-0.3, -0.25) is 10.1 Å². The zero-order valence-corrected chi connectivity index (χ0v) is 15.5. The van der Waals surface area contributed by atoms with Gasteiger partial charge >= 0.3 is 5.51 Å². The highest BCUT2D eigenvalue weighted by Gasteiger charge is 2.36. The van der Waals surface area contributed by atoms with E-state index in [1.54, 1.807) is 16.8 Å². The van der Waals surface area contributed by atoms with E-state index in [9.17, 15) is 23.3 Å². The third-order valence-electron chi connectivity index (χ3n) is 2.87. The number of hydrogen-bond acceptors (Lipinski definition) is 8. The van der Waals surface area contributed by atoms with Crippen molar-refractivity contribution in [2.45, 2.75) is 24.1 Å². The van der Waals surface area contributed by atoms with E-state index in [1.807, 2.05) is 19.4 Å². The van der Waals surface area contributed by atoms with E-state index in [4.69, 9.17) is 13.0 Å². The number of nitrogens with zero attached hydrogens (tertiary/aromatic N) is 4. The number of thioether (sulfide) groups is 1. The minimum Gasteiger partial charge on any atom is -0.741 e. The molecule has 2 aromatic rings. The van der Waals surface area contributed by atoms with Crippen molar-refractivity contribution in [1.29, 1.82) is 0 Å². The average molecular weight is 426 g/mol. The lowest BCUT2D eigenvalue weighted by Crippen LogP contribution is -2.37. The first-order valence-electron chi connectivity index (χ1n) is 6.98. The van der Waals surface area contributed by atoms with E-state index in [1.165, 1.54) is 23.9 Å². The molecule has 0 bridgehead atoms. The van der Waals surface area contributed by atoms with Gasteiger partial charge in [-0.05, 0) is 25.3 Å². The molecule has 27 heavy (non-hydrogen) atoms. The first kappa shape index (κ1) is 22.7. The summed E-state index contributed by atoms with van der Waals surface area (Å²) in [7, 11) is -6.09. The number of nitro benzene ring substituents is 1. The van der Waals surface area contributed by atoms with Crippen molar-refractivity contribution >= 4 is 27.6 Å². The Balaban J connectivity index is 0.000000387. The Labute approximate surface area is 156 Å². The van der Waals surface area contributed by atoms with Gasteiger partial charge in [-0.1, -0.05) is 16.4 Å². The van der Waals surface area contributed by atoms with Gasteiger partial charge in [-0.15, -0.1) is 0 Å². The minimum absolute atomic E-state index is 0.0752. The molecule has 148 valence electrons. The third-order valence-corrected chi connectivity index (χ3v) is 3.97. The molecular formula is C13H13F3N4O5S2. The summed E-state index contributed by atoms with van der Waals surface area (Å²) in [5.74, 6) is 0. The molecule has 1 heterocycles. The van der Waals surface area contributed by atoms with Crippen LogP contribution < -0.4 is 4.68 Å². The molecule has 0 spiro atoms. The third kappa shape index (κ3) is 6.73. The highest BCUT2D eigenvalue weighted by molar-refractivity contribution is 7.98. The zero-order chi connectivity index (χ0) is 20.8. The molecule has 0 amide bonds. The topological polar surface area (TPSA) is 130 Å². The summed E-state index contributed by atoms with van der Waals surface area (Å²) in [6.45, 7) is 2.74. The van der Waals surface area contributed by atoms with Gasteiger partial charge in [0.15, 0.2) is 16.7 Å². The van der Waals surface area contributed by atoms with Gasteiger partial charge < -0.3 is 4.55 Å². The van der Waals surface area contributed by atoms with E-state index >= 15 is 0 Å². The van der Waals surface area contributed by atoms with Gasteiger partial charge in [0.1, 0.15) is 5.69 Å². The number of nitro groups is 1. The van der Waals surface area contributed by atoms with Crippen molar-refractivity contribution in [3.8, 4) is 11.3 Å². The highest BCUT2D eigenvalue weighted by Crippen LogP contribution is 2.21. The number of rotatable bonds is 4. The van der Waals surface area contributed by atoms with Crippen LogP contribution in [-0.4, -0.2) is 39.7 Å². The van der Waals surface area contributed by atoms with E-state index in [-0.39, 0.29) is 5.69 Å². The molecule has 0 saturated heterocycles. The fraction of sp³-hybridized carbons (Fsp3) is 0.308.